The van der Waals surface area contributed by atoms with Gasteiger partial charge in [0.05, 0.1) is 0 Å². The second-order valence-corrected chi connectivity index (χ2v) is 3.21. The van der Waals surface area contributed by atoms with Crippen LogP contribution in [0.4, 0.5) is 0 Å². The highest BCUT2D eigenvalue weighted by atomic mass is 15.2. The van der Waals surface area contributed by atoms with Gasteiger partial charge in [0.25, 0.3) is 0 Å². The predicted molar refractivity (Wildman–Crippen MR) is 59.7 cm³/mol. The second-order valence-electron chi connectivity index (χ2n) is 3.21. The molecule has 0 aromatic carbocycles. The van der Waals surface area contributed by atoms with E-state index in [1.807, 2.05) is 12.2 Å². The summed E-state index contributed by atoms with van der Waals surface area (Å²) in [5.41, 5.74) is 5.71. The molecule has 0 radical (unpaired) electrons. The summed E-state index contributed by atoms with van der Waals surface area (Å²) >= 11 is 0. The zero-order valence-corrected chi connectivity index (χ0v) is 8.71. The highest BCUT2D eigenvalue weighted by Gasteiger charge is 2.12. The van der Waals surface area contributed by atoms with Crippen LogP contribution in [0.3, 0.4) is 0 Å². The van der Waals surface area contributed by atoms with Crippen molar-refractivity contribution >= 4 is 0 Å². The third-order valence-corrected chi connectivity index (χ3v) is 2.14. The lowest BCUT2D eigenvalue weighted by Gasteiger charge is -2.28. The normalized spacial score (nSPS) is 12.8. The number of nitrogens with zero attached hydrogens (tertiary/aromatic N) is 1. The van der Waals surface area contributed by atoms with E-state index in [2.05, 4.69) is 25.0 Å². The Morgan fingerprint density at radius 1 is 1.31 bits per heavy atom. The lowest BCUT2D eigenvalue weighted by molar-refractivity contribution is 0.232. The minimum atomic E-state index is 0.473. The first kappa shape index (κ1) is 12.4. The molecule has 0 heterocycles. The maximum Gasteiger partial charge on any atom is 0.0224 e. The number of nitrogens with two attached hydrogens (primary N) is 1. The molecule has 0 saturated heterocycles. The largest absolute Gasteiger partial charge is 0.329 e. The average molecular weight is 182 g/mol. The first-order chi connectivity index (χ1) is 6.29. The molecule has 0 fully saturated rings. The monoisotopic (exact) mass is 182 g/mol. The molecule has 0 aliphatic heterocycles. The van der Waals surface area contributed by atoms with Gasteiger partial charge in [-0.3, -0.25) is 4.90 Å². The van der Waals surface area contributed by atoms with Crippen LogP contribution in [0.5, 0.6) is 0 Å². The molecule has 0 aromatic rings. The Hall–Kier alpha value is -0.600. The molecule has 2 nitrogen and oxygen atoms in total. The van der Waals surface area contributed by atoms with Crippen molar-refractivity contribution in [2.24, 2.45) is 5.73 Å². The summed E-state index contributed by atoms with van der Waals surface area (Å²) in [7, 11) is 0. The Labute approximate surface area is 82.1 Å². The molecule has 0 rings (SSSR count). The van der Waals surface area contributed by atoms with Crippen molar-refractivity contribution < 1.29 is 0 Å². The fraction of sp³-hybridized carbons (Fsp3) is 0.636. The molecule has 0 aliphatic rings. The van der Waals surface area contributed by atoms with Gasteiger partial charge in [0, 0.05) is 25.7 Å². The SMILES string of the molecule is C=CCN(CC=C)C(CN)CCC. The van der Waals surface area contributed by atoms with E-state index < -0.39 is 0 Å². The third kappa shape index (κ3) is 4.86. The first-order valence-corrected chi connectivity index (χ1v) is 4.96. The molecule has 76 valence electrons. The molecular weight excluding hydrogens is 160 g/mol. The summed E-state index contributed by atoms with van der Waals surface area (Å²) in [6.07, 6.45) is 6.16. The number of rotatable bonds is 8. The van der Waals surface area contributed by atoms with Crippen LogP contribution < -0.4 is 5.73 Å². The molecule has 1 atom stereocenters. The Bertz CT molecular complexity index is 133. The minimum Gasteiger partial charge on any atom is -0.329 e. The Morgan fingerprint density at radius 3 is 2.15 bits per heavy atom. The quantitative estimate of drug-likeness (QED) is 0.580. The first-order valence-electron chi connectivity index (χ1n) is 4.96. The summed E-state index contributed by atoms with van der Waals surface area (Å²) in [5, 5.41) is 0. The molecule has 0 bridgehead atoms. The van der Waals surface area contributed by atoms with Gasteiger partial charge in [0.1, 0.15) is 0 Å². The zero-order chi connectivity index (χ0) is 10.1. The maximum atomic E-state index is 5.71. The van der Waals surface area contributed by atoms with Crippen molar-refractivity contribution in [2.75, 3.05) is 19.6 Å². The Balaban J connectivity index is 4.09. The van der Waals surface area contributed by atoms with E-state index in [4.69, 9.17) is 5.73 Å². The minimum absolute atomic E-state index is 0.473. The summed E-state index contributed by atoms with van der Waals surface area (Å²) in [4.78, 5) is 2.31. The van der Waals surface area contributed by atoms with Gasteiger partial charge in [0.2, 0.25) is 0 Å². The van der Waals surface area contributed by atoms with E-state index in [-0.39, 0.29) is 0 Å². The third-order valence-electron chi connectivity index (χ3n) is 2.14. The fourth-order valence-corrected chi connectivity index (χ4v) is 1.49. The summed E-state index contributed by atoms with van der Waals surface area (Å²) in [6.45, 7) is 12.2. The molecule has 0 saturated carbocycles. The van der Waals surface area contributed by atoms with Crippen molar-refractivity contribution in [1.82, 2.24) is 4.90 Å². The highest BCUT2D eigenvalue weighted by molar-refractivity contribution is 4.84. The molecular formula is C11H22N2. The van der Waals surface area contributed by atoms with Gasteiger partial charge in [-0.15, -0.1) is 13.2 Å². The van der Waals surface area contributed by atoms with Crippen molar-refractivity contribution in [1.29, 1.82) is 0 Å². The van der Waals surface area contributed by atoms with Crippen LogP contribution in [0.25, 0.3) is 0 Å². The Kier molecular flexibility index (Phi) is 7.65. The van der Waals surface area contributed by atoms with Crippen LogP contribution in [0.1, 0.15) is 19.8 Å². The van der Waals surface area contributed by atoms with Crippen molar-refractivity contribution in [3.05, 3.63) is 25.3 Å². The van der Waals surface area contributed by atoms with Crippen LogP contribution in [0, 0.1) is 0 Å². The lowest BCUT2D eigenvalue weighted by Crippen LogP contribution is -2.40. The van der Waals surface area contributed by atoms with Crippen molar-refractivity contribution in [2.45, 2.75) is 25.8 Å². The fourth-order valence-electron chi connectivity index (χ4n) is 1.49. The molecule has 0 amide bonds. The van der Waals surface area contributed by atoms with Crippen LogP contribution in [0.15, 0.2) is 25.3 Å². The smallest absolute Gasteiger partial charge is 0.0224 e. The average Bonchev–Trinajstić information content (AvgIpc) is 2.14. The zero-order valence-electron chi connectivity index (χ0n) is 8.71. The van der Waals surface area contributed by atoms with Crippen LogP contribution in [-0.2, 0) is 0 Å². The van der Waals surface area contributed by atoms with E-state index in [0.29, 0.717) is 6.04 Å². The van der Waals surface area contributed by atoms with Crippen LogP contribution >= 0.6 is 0 Å². The van der Waals surface area contributed by atoms with Gasteiger partial charge in [0.15, 0.2) is 0 Å². The van der Waals surface area contributed by atoms with E-state index >= 15 is 0 Å². The molecule has 2 heteroatoms. The summed E-state index contributed by atoms with van der Waals surface area (Å²) in [5.74, 6) is 0. The maximum absolute atomic E-state index is 5.71. The summed E-state index contributed by atoms with van der Waals surface area (Å²) in [6, 6.07) is 0.473. The summed E-state index contributed by atoms with van der Waals surface area (Å²) < 4.78 is 0. The van der Waals surface area contributed by atoms with Gasteiger partial charge in [-0.1, -0.05) is 25.5 Å². The molecule has 0 aromatic heterocycles. The topological polar surface area (TPSA) is 29.3 Å². The van der Waals surface area contributed by atoms with E-state index in [1.165, 1.54) is 6.42 Å². The van der Waals surface area contributed by atoms with Gasteiger partial charge in [-0.05, 0) is 6.42 Å². The standard InChI is InChI=1S/C11H22N2/c1-4-7-11(10-12)13(8-5-2)9-6-3/h5-6,11H,2-4,7-10,12H2,1H3. The van der Waals surface area contributed by atoms with Crippen molar-refractivity contribution in [3.63, 3.8) is 0 Å². The van der Waals surface area contributed by atoms with Crippen LogP contribution in [-0.4, -0.2) is 30.6 Å². The van der Waals surface area contributed by atoms with E-state index in [9.17, 15) is 0 Å². The Morgan fingerprint density at radius 2 is 1.85 bits per heavy atom. The lowest BCUT2D eigenvalue weighted by atomic mass is 10.1. The van der Waals surface area contributed by atoms with Crippen LogP contribution in [0.2, 0.25) is 0 Å². The number of hydrogen-bond donors (Lipinski definition) is 1. The van der Waals surface area contributed by atoms with Gasteiger partial charge in [-0.2, -0.15) is 0 Å². The van der Waals surface area contributed by atoms with Gasteiger partial charge in [-0.25, -0.2) is 0 Å². The number of hydrogen-bond acceptors (Lipinski definition) is 2. The van der Waals surface area contributed by atoms with E-state index in [1.54, 1.807) is 0 Å². The molecule has 0 spiro atoms. The predicted octanol–water partition coefficient (Wildman–Crippen LogP) is 1.79. The second kappa shape index (κ2) is 8.02. The van der Waals surface area contributed by atoms with Crippen molar-refractivity contribution in [3.8, 4) is 0 Å². The highest BCUT2D eigenvalue weighted by Crippen LogP contribution is 2.05. The molecule has 2 N–H and O–H groups in total. The molecule has 1 unspecified atom stereocenters. The van der Waals surface area contributed by atoms with Gasteiger partial charge < -0.3 is 5.73 Å². The van der Waals surface area contributed by atoms with E-state index in [0.717, 1.165) is 26.1 Å². The molecule has 0 aliphatic carbocycles. The van der Waals surface area contributed by atoms with Gasteiger partial charge >= 0.3 is 0 Å². The molecule has 13 heavy (non-hydrogen) atoms.